The zero-order valence-electron chi connectivity index (χ0n) is 11.8. The lowest BCUT2D eigenvalue weighted by Gasteiger charge is -2.27. The molecule has 2 unspecified atom stereocenters. The maximum absolute atomic E-state index is 6.20. The number of fused-ring (bicyclic) bond motifs is 1. The maximum Gasteiger partial charge on any atom is 0.122 e. The Kier molecular flexibility index (Phi) is 3.96. The zero-order chi connectivity index (χ0) is 13.2. The van der Waals surface area contributed by atoms with Gasteiger partial charge in [0.2, 0.25) is 0 Å². The molecule has 0 bridgehead atoms. The molecule has 0 saturated heterocycles. The highest BCUT2D eigenvalue weighted by atomic mass is 16.5. The average Bonchev–Trinajstić information content (AvgIpc) is 2.71. The fourth-order valence-electron chi connectivity index (χ4n) is 2.49. The molecule has 1 heterocycles. The Bertz CT molecular complexity index is 394. The van der Waals surface area contributed by atoms with Crippen LogP contribution in [0.25, 0.3) is 0 Å². The first-order chi connectivity index (χ1) is 8.48. The molecule has 1 aromatic carbocycles. The predicted molar refractivity (Wildman–Crippen MR) is 76.0 cm³/mol. The third-order valence-corrected chi connectivity index (χ3v) is 3.98. The van der Waals surface area contributed by atoms with Crippen molar-refractivity contribution in [1.29, 1.82) is 0 Å². The maximum atomic E-state index is 6.20. The van der Waals surface area contributed by atoms with E-state index >= 15 is 0 Å². The lowest BCUT2D eigenvalue weighted by molar-refractivity contribution is 0.287. The van der Waals surface area contributed by atoms with Crippen LogP contribution in [0.15, 0.2) is 24.3 Å². The molecule has 2 atom stereocenters. The van der Waals surface area contributed by atoms with Gasteiger partial charge in [0.05, 0.1) is 6.61 Å². The Morgan fingerprint density at radius 1 is 1.33 bits per heavy atom. The van der Waals surface area contributed by atoms with Gasteiger partial charge in [0.25, 0.3) is 0 Å². The summed E-state index contributed by atoms with van der Waals surface area (Å²) in [5.41, 5.74) is 7.79. The number of para-hydroxylation sites is 1. The quantitative estimate of drug-likeness (QED) is 0.880. The molecule has 2 rings (SSSR count). The van der Waals surface area contributed by atoms with Gasteiger partial charge in [-0.15, -0.1) is 0 Å². The molecule has 1 aromatic rings. The summed E-state index contributed by atoms with van der Waals surface area (Å²) in [6.07, 6.45) is 3.46. The van der Waals surface area contributed by atoms with Crippen LogP contribution in [-0.4, -0.2) is 12.6 Å². The van der Waals surface area contributed by atoms with Crippen LogP contribution in [-0.2, 0) is 0 Å². The summed E-state index contributed by atoms with van der Waals surface area (Å²) < 4.78 is 5.70. The van der Waals surface area contributed by atoms with Gasteiger partial charge in [-0.05, 0) is 24.3 Å². The van der Waals surface area contributed by atoms with E-state index in [1.54, 1.807) is 0 Å². The second-order valence-corrected chi connectivity index (χ2v) is 6.45. The van der Waals surface area contributed by atoms with E-state index in [1.807, 2.05) is 6.07 Å². The van der Waals surface area contributed by atoms with Crippen molar-refractivity contribution in [2.75, 3.05) is 6.61 Å². The van der Waals surface area contributed by atoms with Crippen LogP contribution in [0.1, 0.15) is 51.5 Å². The van der Waals surface area contributed by atoms with Crippen LogP contribution in [0, 0.1) is 5.41 Å². The molecular formula is C16H25NO. The fourth-order valence-corrected chi connectivity index (χ4v) is 2.49. The largest absolute Gasteiger partial charge is 0.493 e. The zero-order valence-corrected chi connectivity index (χ0v) is 11.8. The predicted octanol–water partition coefficient (Wildman–Crippen LogP) is 3.71. The van der Waals surface area contributed by atoms with Gasteiger partial charge in [0.1, 0.15) is 5.75 Å². The van der Waals surface area contributed by atoms with Gasteiger partial charge in [-0.1, -0.05) is 45.4 Å². The van der Waals surface area contributed by atoms with Gasteiger partial charge in [-0.25, -0.2) is 0 Å². The molecule has 0 saturated carbocycles. The molecular weight excluding hydrogens is 222 g/mol. The van der Waals surface area contributed by atoms with Crippen LogP contribution in [0.3, 0.4) is 0 Å². The van der Waals surface area contributed by atoms with Gasteiger partial charge < -0.3 is 10.5 Å². The van der Waals surface area contributed by atoms with Crippen LogP contribution < -0.4 is 10.5 Å². The standard InChI is InChI=1S/C16H25NO/c1-16(2,3)15(17)10-6-7-12-11-18-14-9-5-4-8-13(12)14/h4-5,8-9,12,15H,6-7,10-11,17H2,1-3H3. The Hall–Kier alpha value is -1.02. The van der Waals surface area contributed by atoms with Crippen molar-refractivity contribution in [3.05, 3.63) is 29.8 Å². The van der Waals surface area contributed by atoms with Gasteiger partial charge in [-0.3, -0.25) is 0 Å². The Labute approximate surface area is 111 Å². The summed E-state index contributed by atoms with van der Waals surface area (Å²) in [7, 11) is 0. The SMILES string of the molecule is CC(C)(C)C(N)CCCC1COc2ccccc21. The van der Waals surface area contributed by atoms with E-state index in [0.717, 1.165) is 18.8 Å². The smallest absolute Gasteiger partial charge is 0.122 e. The monoisotopic (exact) mass is 247 g/mol. The summed E-state index contributed by atoms with van der Waals surface area (Å²) in [4.78, 5) is 0. The van der Waals surface area contributed by atoms with Crippen molar-refractivity contribution in [2.24, 2.45) is 11.1 Å². The number of rotatable bonds is 4. The normalized spacial score (nSPS) is 20.3. The minimum absolute atomic E-state index is 0.212. The molecule has 0 aliphatic carbocycles. The van der Waals surface area contributed by atoms with Crippen LogP contribution >= 0.6 is 0 Å². The molecule has 1 aliphatic heterocycles. The molecule has 0 aromatic heterocycles. The lowest BCUT2D eigenvalue weighted by Crippen LogP contribution is -2.34. The third-order valence-electron chi connectivity index (χ3n) is 3.98. The van der Waals surface area contributed by atoms with Gasteiger partial charge >= 0.3 is 0 Å². The Morgan fingerprint density at radius 2 is 2.06 bits per heavy atom. The van der Waals surface area contributed by atoms with Gasteiger partial charge in [0, 0.05) is 17.5 Å². The summed E-state index contributed by atoms with van der Waals surface area (Å²) >= 11 is 0. The summed E-state index contributed by atoms with van der Waals surface area (Å²) in [6.45, 7) is 7.48. The minimum Gasteiger partial charge on any atom is -0.493 e. The van der Waals surface area contributed by atoms with Crippen molar-refractivity contribution in [1.82, 2.24) is 0 Å². The number of nitrogens with two attached hydrogens (primary N) is 1. The highest BCUT2D eigenvalue weighted by molar-refractivity contribution is 5.39. The molecule has 0 radical (unpaired) electrons. The van der Waals surface area contributed by atoms with Crippen molar-refractivity contribution >= 4 is 0 Å². The number of ether oxygens (including phenoxy) is 1. The summed E-state index contributed by atoms with van der Waals surface area (Å²) in [6, 6.07) is 8.68. The van der Waals surface area contributed by atoms with E-state index in [0.29, 0.717) is 5.92 Å². The topological polar surface area (TPSA) is 35.2 Å². The molecule has 18 heavy (non-hydrogen) atoms. The molecule has 2 nitrogen and oxygen atoms in total. The first kappa shape index (κ1) is 13.4. The third kappa shape index (κ3) is 3.05. The highest BCUT2D eigenvalue weighted by Gasteiger charge is 2.24. The van der Waals surface area contributed by atoms with E-state index in [-0.39, 0.29) is 11.5 Å². The minimum atomic E-state index is 0.212. The molecule has 0 fully saturated rings. The summed E-state index contributed by atoms with van der Waals surface area (Å²) in [5, 5.41) is 0. The van der Waals surface area contributed by atoms with Crippen molar-refractivity contribution in [3.8, 4) is 5.75 Å². The van der Waals surface area contributed by atoms with Crippen LogP contribution in [0.2, 0.25) is 0 Å². The van der Waals surface area contributed by atoms with E-state index in [4.69, 9.17) is 10.5 Å². The van der Waals surface area contributed by atoms with Crippen molar-refractivity contribution in [3.63, 3.8) is 0 Å². The molecule has 2 N–H and O–H groups in total. The second kappa shape index (κ2) is 5.31. The molecule has 2 heteroatoms. The van der Waals surface area contributed by atoms with Crippen molar-refractivity contribution in [2.45, 2.75) is 52.0 Å². The van der Waals surface area contributed by atoms with Gasteiger partial charge in [-0.2, -0.15) is 0 Å². The lowest BCUT2D eigenvalue weighted by atomic mass is 9.83. The Balaban J connectivity index is 1.83. The van der Waals surface area contributed by atoms with Gasteiger partial charge in [0.15, 0.2) is 0 Å². The summed E-state index contributed by atoms with van der Waals surface area (Å²) in [5.74, 6) is 1.64. The average molecular weight is 247 g/mol. The molecule has 0 amide bonds. The first-order valence-corrected chi connectivity index (χ1v) is 6.96. The molecule has 0 spiro atoms. The molecule has 100 valence electrons. The van der Waals surface area contributed by atoms with Crippen LogP contribution in [0.4, 0.5) is 0 Å². The fraction of sp³-hybridized carbons (Fsp3) is 0.625. The number of hydrogen-bond acceptors (Lipinski definition) is 2. The Morgan fingerprint density at radius 3 is 2.78 bits per heavy atom. The van der Waals surface area contributed by atoms with E-state index < -0.39 is 0 Å². The number of benzene rings is 1. The number of hydrogen-bond donors (Lipinski definition) is 1. The van der Waals surface area contributed by atoms with Crippen molar-refractivity contribution < 1.29 is 4.74 Å². The van der Waals surface area contributed by atoms with Crippen LogP contribution in [0.5, 0.6) is 5.75 Å². The first-order valence-electron chi connectivity index (χ1n) is 6.96. The van der Waals surface area contributed by atoms with E-state index in [9.17, 15) is 0 Å². The molecule has 1 aliphatic rings. The van der Waals surface area contributed by atoms with E-state index in [2.05, 4.69) is 39.0 Å². The second-order valence-electron chi connectivity index (χ2n) is 6.45. The highest BCUT2D eigenvalue weighted by Crippen LogP contribution is 2.36. The van der Waals surface area contributed by atoms with E-state index in [1.165, 1.54) is 18.4 Å².